The third-order valence-electron chi connectivity index (χ3n) is 5.37. The molecule has 160 valence electrons. The van der Waals surface area contributed by atoms with Gasteiger partial charge in [0.15, 0.2) is 4.34 Å². The fraction of sp³-hybridized carbons (Fsp3) is 0.500. The Morgan fingerprint density at radius 1 is 1.10 bits per heavy atom. The van der Waals surface area contributed by atoms with Crippen LogP contribution in [0.1, 0.15) is 36.0 Å². The third-order valence-corrected chi connectivity index (χ3v) is 7.49. The van der Waals surface area contributed by atoms with Crippen LogP contribution in [0.2, 0.25) is 0 Å². The highest BCUT2D eigenvalue weighted by molar-refractivity contribution is 8.01. The van der Waals surface area contributed by atoms with Gasteiger partial charge in [-0.05, 0) is 37.1 Å². The molecule has 10 heteroatoms. The number of hydrogen-bond acceptors (Lipinski definition) is 7. The van der Waals surface area contributed by atoms with Crippen molar-refractivity contribution in [1.29, 1.82) is 0 Å². The lowest BCUT2D eigenvalue weighted by molar-refractivity contribution is -0.119. The van der Waals surface area contributed by atoms with Gasteiger partial charge in [0, 0.05) is 37.8 Å². The zero-order valence-corrected chi connectivity index (χ0v) is 18.2. The number of thioether (sulfide) groups is 1. The summed E-state index contributed by atoms with van der Waals surface area (Å²) < 4.78 is 13.8. The highest BCUT2D eigenvalue weighted by atomic mass is 32.2. The summed E-state index contributed by atoms with van der Waals surface area (Å²) in [6.45, 7) is 2.47. The van der Waals surface area contributed by atoms with Crippen molar-refractivity contribution in [3.05, 3.63) is 35.6 Å². The fourth-order valence-electron chi connectivity index (χ4n) is 3.73. The molecule has 0 radical (unpaired) electrons. The molecule has 1 saturated heterocycles. The number of nitrogens with zero attached hydrogens (tertiary/aromatic N) is 4. The molecule has 1 aromatic carbocycles. The Morgan fingerprint density at radius 3 is 2.50 bits per heavy atom. The molecule has 4 rings (SSSR count). The van der Waals surface area contributed by atoms with Crippen molar-refractivity contribution in [1.82, 2.24) is 20.4 Å². The largest absolute Gasteiger partial charge is 0.353 e. The highest BCUT2D eigenvalue weighted by Crippen LogP contribution is 2.29. The third kappa shape index (κ3) is 5.28. The number of carbonyl (C=O) groups excluding carboxylic acids is 2. The average Bonchev–Trinajstić information content (AvgIpc) is 3.45. The number of halogens is 1. The van der Waals surface area contributed by atoms with Crippen molar-refractivity contribution < 1.29 is 14.0 Å². The molecule has 0 atom stereocenters. The number of aromatic nitrogens is 2. The number of carbonyl (C=O) groups is 2. The zero-order chi connectivity index (χ0) is 20.9. The number of amides is 2. The molecule has 0 unspecified atom stereocenters. The SMILES string of the molecule is O=C(CSc1nnc(N2CCN(C(=O)c3ccc(F)cc3)CC2)s1)NC1CCCC1. The van der Waals surface area contributed by atoms with Gasteiger partial charge in [-0.2, -0.15) is 0 Å². The molecule has 30 heavy (non-hydrogen) atoms. The molecule has 2 heterocycles. The number of rotatable bonds is 6. The summed E-state index contributed by atoms with van der Waals surface area (Å²) in [5.74, 6) is -0.0317. The molecule has 0 spiro atoms. The first-order chi connectivity index (χ1) is 14.6. The van der Waals surface area contributed by atoms with Crippen LogP contribution in [0.3, 0.4) is 0 Å². The smallest absolute Gasteiger partial charge is 0.253 e. The van der Waals surface area contributed by atoms with Crippen LogP contribution >= 0.6 is 23.1 Å². The fourth-order valence-corrected chi connectivity index (χ4v) is 5.43. The van der Waals surface area contributed by atoms with Gasteiger partial charge in [0.25, 0.3) is 5.91 Å². The van der Waals surface area contributed by atoms with Gasteiger partial charge >= 0.3 is 0 Å². The van der Waals surface area contributed by atoms with Gasteiger partial charge in [0.1, 0.15) is 5.82 Å². The molecule has 1 saturated carbocycles. The number of piperazine rings is 1. The molecule has 1 aliphatic carbocycles. The van der Waals surface area contributed by atoms with Crippen LogP contribution in [0.4, 0.5) is 9.52 Å². The molecule has 2 fully saturated rings. The average molecular weight is 450 g/mol. The van der Waals surface area contributed by atoms with E-state index in [1.807, 2.05) is 0 Å². The lowest BCUT2D eigenvalue weighted by Crippen LogP contribution is -2.48. The lowest BCUT2D eigenvalue weighted by Gasteiger charge is -2.34. The van der Waals surface area contributed by atoms with Crippen molar-refractivity contribution >= 4 is 40.0 Å². The molecule has 7 nitrogen and oxygen atoms in total. The quantitative estimate of drug-likeness (QED) is 0.684. The summed E-state index contributed by atoms with van der Waals surface area (Å²) >= 11 is 2.88. The van der Waals surface area contributed by atoms with Gasteiger partial charge in [0.2, 0.25) is 11.0 Å². The first kappa shape index (κ1) is 21.0. The van der Waals surface area contributed by atoms with Crippen molar-refractivity contribution in [3.63, 3.8) is 0 Å². The summed E-state index contributed by atoms with van der Waals surface area (Å²) in [6.07, 6.45) is 4.55. The van der Waals surface area contributed by atoms with Gasteiger partial charge in [-0.15, -0.1) is 10.2 Å². The summed E-state index contributed by atoms with van der Waals surface area (Å²) in [7, 11) is 0. The van der Waals surface area contributed by atoms with E-state index in [0.29, 0.717) is 43.5 Å². The summed E-state index contributed by atoms with van der Waals surface area (Å²) in [6, 6.07) is 5.97. The maximum atomic E-state index is 13.1. The number of benzene rings is 1. The molecule has 2 aliphatic rings. The monoisotopic (exact) mass is 449 g/mol. The van der Waals surface area contributed by atoms with Crippen LogP contribution in [0.15, 0.2) is 28.6 Å². The number of anilines is 1. The van der Waals surface area contributed by atoms with E-state index in [0.717, 1.165) is 22.3 Å². The Morgan fingerprint density at radius 2 is 1.80 bits per heavy atom. The predicted octanol–water partition coefficient (Wildman–Crippen LogP) is 2.79. The van der Waals surface area contributed by atoms with Crippen molar-refractivity contribution in [3.8, 4) is 0 Å². The standard InChI is InChI=1S/C20H24FN5O2S2/c21-15-7-5-14(6-8-15)18(28)25-9-11-26(12-10-25)19-23-24-20(30-19)29-13-17(27)22-16-3-1-2-4-16/h5-8,16H,1-4,9-13H2,(H,22,27). The summed E-state index contributed by atoms with van der Waals surface area (Å²) in [5, 5.41) is 12.3. The number of nitrogens with one attached hydrogen (secondary N) is 1. The van der Waals surface area contributed by atoms with E-state index in [9.17, 15) is 14.0 Å². The summed E-state index contributed by atoms with van der Waals surface area (Å²) in [5.41, 5.74) is 0.496. The van der Waals surface area contributed by atoms with Crippen LogP contribution in [-0.4, -0.2) is 64.9 Å². The summed E-state index contributed by atoms with van der Waals surface area (Å²) in [4.78, 5) is 28.5. The first-order valence-electron chi connectivity index (χ1n) is 10.1. The van der Waals surface area contributed by atoms with E-state index in [2.05, 4.69) is 20.4 Å². The minimum atomic E-state index is -0.350. The minimum Gasteiger partial charge on any atom is -0.353 e. The Hall–Kier alpha value is -2.20. The molecule has 0 bridgehead atoms. The van der Waals surface area contributed by atoms with Crippen LogP contribution in [-0.2, 0) is 4.79 Å². The molecule has 2 aromatic rings. The Kier molecular flexibility index (Phi) is 6.83. The van der Waals surface area contributed by atoms with E-state index >= 15 is 0 Å². The lowest BCUT2D eigenvalue weighted by atomic mass is 10.2. The Balaban J connectivity index is 1.24. The molecule has 1 N–H and O–H groups in total. The number of hydrogen-bond donors (Lipinski definition) is 1. The minimum absolute atomic E-state index is 0.0524. The highest BCUT2D eigenvalue weighted by Gasteiger charge is 2.24. The van der Waals surface area contributed by atoms with Gasteiger partial charge < -0.3 is 15.1 Å². The van der Waals surface area contributed by atoms with Crippen molar-refractivity contribution in [2.75, 3.05) is 36.8 Å². The van der Waals surface area contributed by atoms with E-state index in [1.165, 1.54) is 60.2 Å². The van der Waals surface area contributed by atoms with Crippen molar-refractivity contribution in [2.45, 2.75) is 36.1 Å². The molecule has 1 aliphatic heterocycles. The predicted molar refractivity (Wildman–Crippen MR) is 116 cm³/mol. The van der Waals surface area contributed by atoms with Gasteiger partial charge in [0.05, 0.1) is 5.75 Å². The Labute approximate surface area is 183 Å². The van der Waals surface area contributed by atoms with Gasteiger partial charge in [-0.3, -0.25) is 9.59 Å². The van der Waals surface area contributed by atoms with E-state index < -0.39 is 0 Å². The van der Waals surface area contributed by atoms with Crippen LogP contribution in [0.25, 0.3) is 0 Å². The Bertz CT molecular complexity index is 878. The van der Waals surface area contributed by atoms with E-state index in [-0.39, 0.29) is 17.6 Å². The molecule has 1 aromatic heterocycles. The van der Waals surface area contributed by atoms with Crippen LogP contribution in [0.5, 0.6) is 0 Å². The maximum absolute atomic E-state index is 13.1. The normalized spacial score (nSPS) is 17.4. The topological polar surface area (TPSA) is 78.4 Å². The first-order valence-corrected chi connectivity index (χ1v) is 11.9. The van der Waals surface area contributed by atoms with Crippen LogP contribution < -0.4 is 10.2 Å². The van der Waals surface area contributed by atoms with E-state index in [1.54, 1.807) is 4.90 Å². The van der Waals surface area contributed by atoms with Gasteiger partial charge in [-0.1, -0.05) is 35.9 Å². The van der Waals surface area contributed by atoms with E-state index in [4.69, 9.17) is 0 Å². The second-order valence-corrected chi connectivity index (χ2v) is 9.65. The van der Waals surface area contributed by atoms with Gasteiger partial charge in [-0.25, -0.2) is 4.39 Å². The molecule has 2 amide bonds. The second kappa shape index (κ2) is 9.74. The zero-order valence-electron chi connectivity index (χ0n) is 16.6. The van der Waals surface area contributed by atoms with Crippen molar-refractivity contribution in [2.24, 2.45) is 0 Å². The molecular weight excluding hydrogens is 425 g/mol. The van der Waals surface area contributed by atoms with Crippen LogP contribution in [0, 0.1) is 5.82 Å². The maximum Gasteiger partial charge on any atom is 0.253 e. The molecular formula is C20H24FN5O2S2. The second-order valence-electron chi connectivity index (χ2n) is 7.47.